The Bertz CT molecular complexity index is 876. The molecule has 26 heavy (non-hydrogen) atoms. The number of rotatable bonds is 2. The number of nitrogens with zero attached hydrogens (tertiary/aromatic N) is 1. The lowest BCUT2D eigenvalue weighted by atomic mass is 9.74. The molecule has 7 heteroatoms. The standard InChI is InChI=1S/C19H17F3N2OS/c20-12-5-6-14(16(22)8-12)19-10-25-17(13-3-1-2-4-15(13)21)7-11(19)9-26-18(23)24-19/h1-6,8,11,17H,7,9-10H2,(H2,23,24)/t11-,17+,19-/m0/s1. The third-order valence-corrected chi connectivity index (χ3v) is 6.03. The van der Waals surface area contributed by atoms with E-state index in [1.165, 1.54) is 30.0 Å². The zero-order valence-corrected chi connectivity index (χ0v) is 14.6. The van der Waals surface area contributed by atoms with Crippen LogP contribution in [0.25, 0.3) is 0 Å². The van der Waals surface area contributed by atoms with E-state index >= 15 is 0 Å². The number of aliphatic imine (C=N–C) groups is 1. The molecule has 0 spiro atoms. The minimum Gasteiger partial charge on any atom is -0.379 e. The van der Waals surface area contributed by atoms with Crippen LogP contribution in [0.2, 0.25) is 0 Å². The summed E-state index contributed by atoms with van der Waals surface area (Å²) in [7, 11) is 0. The van der Waals surface area contributed by atoms with Crippen LogP contribution >= 0.6 is 11.8 Å². The van der Waals surface area contributed by atoms with Gasteiger partial charge in [0, 0.05) is 28.9 Å². The van der Waals surface area contributed by atoms with Gasteiger partial charge < -0.3 is 10.5 Å². The fraction of sp³-hybridized carbons (Fsp3) is 0.316. The zero-order valence-electron chi connectivity index (χ0n) is 13.8. The molecule has 0 unspecified atom stereocenters. The molecule has 2 aromatic rings. The van der Waals surface area contributed by atoms with E-state index in [1.54, 1.807) is 18.2 Å². The Kier molecular flexibility index (Phi) is 4.44. The van der Waals surface area contributed by atoms with Crippen molar-refractivity contribution in [1.82, 2.24) is 0 Å². The van der Waals surface area contributed by atoms with Crippen molar-refractivity contribution in [2.45, 2.75) is 18.1 Å². The Hall–Kier alpha value is -1.99. The van der Waals surface area contributed by atoms with Crippen LogP contribution in [0.15, 0.2) is 47.5 Å². The zero-order chi connectivity index (χ0) is 18.3. The molecule has 0 amide bonds. The summed E-state index contributed by atoms with van der Waals surface area (Å²) in [6.07, 6.45) is 0.0367. The molecule has 1 saturated heterocycles. The van der Waals surface area contributed by atoms with Crippen LogP contribution in [0.5, 0.6) is 0 Å². The fourth-order valence-electron chi connectivity index (χ4n) is 3.76. The van der Waals surface area contributed by atoms with Crippen molar-refractivity contribution in [2.75, 3.05) is 12.4 Å². The van der Waals surface area contributed by atoms with Crippen LogP contribution in [0.4, 0.5) is 13.2 Å². The number of benzene rings is 2. The molecule has 136 valence electrons. The molecule has 3 nitrogen and oxygen atoms in total. The lowest BCUT2D eigenvalue weighted by molar-refractivity contribution is -0.0601. The van der Waals surface area contributed by atoms with Gasteiger partial charge >= 0.3 is 0 Å². The number of ether oxygens (including phenoxy) is 1. The summed E-state index contributed by atoms with van der Waals surface area (Å²) < 4.78 is 48.0. The minimum atomic E-state index is -1.02. The van der Waals surface area contributed by atoms with Gasteiger partial charge in [-0.3, -0.25) is 0 Å². The molecule has 0 radical (unpaired) electrons. The van der Waals surface area contributed by atoms with Gasteiger partial charge in [0.25, 0.3) is 0 Å². The van der Waals surface area contributed by atoms with E-state index in [0.717, 1.165) is 6.07 Å². The summed E-state index contributed by atoms with van der Waals surface area (Å²) in [5.74, 6) is -1.16. The summed E-state index contributed by atoms with van der Waals surface area (Å²) in [4.78, 5) is 4.52. The van der Waals surface area contributed by atoms with E-state index in [0.29, 0.717) is 22.9 Å². The van der Waals surface area contributed by atoms with E-state index < -0.39 is 23.3 Å². The van der Waals surface area contributed by atoms with Crippen molar-refractivity contribution in [1.29, 1.82) is 0 Å². The van der Waals surface area contributed by atoms with Crippen LogP contribution in [0, 0.1) is 23.4 Å². The van der Waals surface area contributed by atoms with Crippen LogP contribution in [0.3, 0.4) is 0 Å². The van der Waals surface area contributed by atoms with Gasteiger partial charge in [0.15, 0.2) is 5.17 Å². The molecule has 4 rings (SSSR count). The summed E-state index contributed by atoms with van der Waals surface area (Å²) >= 11 is 1.39. The molecule has 2 aliphatic rings. The number of hydrogen-bond donors (Lipinski definition) is 1. The molecule has 3 atom stereocenters. The number of hydrogen-bond acceptors (Lipinski definition) is 4. The molecule has 0 aromatic heterocycles. The Morgan fingerprint density at radius 3 is 2.69 bits per heavy atom. The summed E-state index contributed by atoms with van der Waals surface area (Å²) in [5, 5.41) is 0.345. The quantitative estimate of drug-likeness (QED) is 0.855. The van der Waals surface area contributed by atoms with Crippen molar-refractivity contribution in [2.24, 2.45) is 16.6 Å². The number of halogens is 3. The Morgan fingerprint density at radius 2 is 1.92 bits per heavy atom. The third kappa shape index (κ3) is 2.89. The highest BCUT2D eigenvalue weighted by atomic mass is 32.2. The highest BCUT2D eigenvalue weighted by Crippen LogP contribution is 2.49. The van der Waals surface area contributed by atoms with Crippen LogP contribution < -0.4 is 5.73 Å². The molecule has 0 aliphatic carbocycles. The SMILES string of the molecule is NC1=N[C@@]2(c3ccc(F)cc3F)CO[C@@H](c3ccccc3F)C[C@H]2CS1. The first-order chi connectivity index (χ1) is 12.5. The molecular weight excluding hydrogens is 361 g/mol. The Balaban J connectivity index is 1.74. The van der Waals surface area contributed by atoms with E-state index in [2.05, 4.69) is 4.99 Å². The van der Waals surface area contributed by atoms with Crippen molar-refractivity contribution < 1.29 is 17.9 Å². The molecule has 0 bridgehead atoms. The average molecular weight is 378 g/mol. The molecule has 2 N–H and O–H groups in total. The van der Waals surface area contributed by atoms with Crippen LogP contribution in [-0.4, -0.2) is 17.5 Å². The van der Waals surface area contributed by atoms with E-state index in [4.69, 9.17) is 10.5 Å². The van der Waals surface area contributed by atoms with Gasteiger partial charge in [-0.15, -0.1) is 0 Å². The van der Waals surface area contributed by atoms with E-state index in [9.17, 15) is 13.2 Å². The number of thioether (sulfide) groups is 1. The second-order valence-electron chi connectivity index (χ2n) is 6.56. The summed E-state index contributed by atoms with van der Waals surface area (Å²) in [6.45, 7) is 0.0560. The van der Waals surface area contributed by atoms with Crippen LogP contribution in [0.1, 0.15) is 23.7 Å². The first-order valence-corrected chi connectivity index (χ1v) is 9.28. The maximum Gasteiger partial charge on any atom is 0.154 e. The van der Waals surface area contributed by atoms with E-state index in [1.807, 2.05) is 0 Å². The number of fused-ring (bicyclic) bond motifs is 1. The highest BCUT2D eigenvalue weighted by Gasteiger charge is 2.49. The minimum absolute atomic E-state index is 0.0560. The second-order valence-corrected chi connectivity index (χ2v) is 7.60. The maximum absolute atomic E-state index is 14.5. The molecule has 0 saturated carbocycles. The summed E-state index contributed by atoms with van der Waals surface area (Å²) in [6, 6.07) is 9.93. The number of amidine groups is 1. The average Bonchev–Trinajstić information content (AvgIpc) is 2.61. The summed E-state index contributed by atoms with van der Waals surface area (Å²) in [5.41, 5.74) is 5.64. The lowest BCUT2D eigenvalue weighted by Gasteiger charge is -2.46. The largest absolute Gasteiger partial charge is 0.379 e. The van der Waals surface area contributed by atoms with Crippen molar-refractivity contribution >= 4 is 16.9 Å². The Labute approximate surface area is 153 Å². The van der Waals surface area contributed by atoms with Gasteiger partial charge in [-0.1, -0.05) is 36.0 Å². The van der Waals surface area contributed by atoms with Crippen molar-refractivity contribution in [3.05, 3.63) is 71.0 Å². The number of nitrogens with two attached hydrogens (primary N) is 1. The molecule has 2 aliphatic heterocycles. The smallest absolute Gasteiger partial charge is 0.154 e. The Morgan fingerprint density at radius 1 is 1.12 bits per heavy atom. The fourth-order valence-corrected chi connectivity index (χ4v) is 4.77. The molecule has 1 fully saturated rings. The molecular formula is C19H17F3N2OS. The first kappa shape index (κ1) is 17.4. The van der Waals surface area contributed by atoms with Gasteiger partial charge in [0.2, 0.25) is 0 Å². The topological polar surface area (TPSA) is 47.6 Å². The van der Waals surface area contributed by atoms with Gasteiger partial charge in [-0.25, -0.2) is 18.2 Å². The highest BCUT2D eigenvalue weighted by molar-refractivity contribution is 8.13. The van der Waals surface area contributed by atoms with Crippen molar-refractivity contribution in [3.8, 4) is 0 Å². The molecule has 2 heterocycles. The van der Waals surface area contributed by atoms with E-state index in [-0.39, 0.29) is 23.9 Å². The maximum atomic E-state index is 14.5. The first-order valence-electron chi connectivity index (χ1n) is 8.29. The van der Waals surface area contributed by atoms with Crippen molar-refractivity contribution in [3.63, 3.8) is 0 Å². The van der Waals surface area contributed by atoms with Gasteiger partial charge in [-0.05, 0) is 18.6 Å². The van der Waals surface area contributed by atoms with Crippen LogP contribution in [-0.2, 0) is 10.3 Å². The van der Waals surface area contributed by atoms with Gasteiger partial charge in [0.05, 0.1) is 12.7 Å². The predicted molar refractivity (Wildman–Crippen MR) is 95.3 cm³/mol. The van der Waals surface area contributed by atoms with Gasteiger partial charge in [0.1, 0.15) is 23.0 Å². The molecule has 2 aromatic carbocycles. The normalized spacial score (nSPS) is 28.3. The monoisotopic (exact) mass is 378 g/mol. The predicted octanol–water partition coefficient (Wildman–Crippen LogP) is 4.14. The second kappa shape index (κ2) is 6.63. The third-order valence-electron chi connectivity index (χ3n) is 5.07. The lowest BCUT2D eigenvalue weighted by Crippen LogP contribution is -2.48. The van der Waals surface area contributed by atoms with Gasteiger partial charge in [-0.2, -0.15) is 0 Å².